The molecule has 0 unspecified atom stereocenters. The van der Waals surface area contributed by atoms with Crippen LogP contribution in [0.5, 0.6) is 5.75 Å². The monoisotopic (exact) mass is 394 g/mol. The third-order valence-electron chi connectivity index (χ3n) is 4.56. The zero-order valence-corrected chi connectivity index (χ0v) is 15.7. The average molecular weight is 394 g/mol. The lowest BCUT2D eigenvalue weighted by atomic mass is 10.1. The van der Waals surface area contributed by atoms with E-state index in [9.17, 15) is 18.0 Å². The van der Waals surface area contributed by atoms with Gasteiger partial charge in [-0.2, -0.15) is 13.2 Å². The molecule has 6 nitrogen and oxygen atoms in total. The minimum absolute atomic E-state index is 0.0252. The first-order valence-corrected chi connectivity index (χ1v) is 8.85. The van der Waals surface area contributed by atoms with Gasteiger partial charge in [0.25, 0.3) is 0 Å². The van der Waals surface area contributed by atoms with E-state index in [4.69, 9.17) is 4.74 Å². The molecule has 0 saturated carbocycles. The highest BCUT2D eigenvalue weighted by Gasteiger charge is 2.34. The van der Waals surface area contributed by atoms with Crippen LogP contribution in [-0.2, 0) is 17.4 Å². The van der Waals surface area contributed by atoms with E-state index in [-0.39, 0.29) is 24.0 Å². The van der Waals surface area contributed by atoms with Crippen molar-refractivity contribution in [3.05, 3.63) is 47.4 Å². The Hall–Kier alpha value is -2.84. The van der Waals surface area contributed by atoms with Crippen LogP contribution in [0.2, 0.25) is 0 Å². The van der Waals surface area contributed by atoms with Gasteiger partial charge < -0.3 is 14.5 Å². The number of carbonyl (C=O) groups excluding carboxylic acids is 1. The van der Waals surface area contributed by atoms with Gasteiger partial charge in [0.05, 0.1) is 13.5 Å². The highest BCUT2D eigenvalue weighted by Crippen LogP contribution is 2.30. The molecular weight excluding hydrogens is 373 g/mol. The second-order valence-electron chi connectivity index (χ2n) is 6.55. The largest absolute Gasteiger partial charge is 0.497 e. The summed E-state index contributed by atoms with van der Waals surface area (Å²) in [6.45, 7) is 3.11. The Morgan fingerprint density at radius 1 is 1.14 bits per heavy atom. The third-order valence-corrected chi connectivity index (χ3v) is 4.56. The molecule has 0 aliphatic carbocycles. The maximum absolute atomic E-state index is 13.0. The molecule has 1 amide bonds. The van der Waals surface area contributed by atoms with Crippen molar-refractivity contribution < 1.29 is 22.7 Å². The molecule has 9 heteroatoms. The van der Waals surface area contributed by atoms with Crippen LogP contribution < -0.4 is 9.64 Å². The van der Waals surface area contributed by atoms with Crippen LogP contribution in [-0.4, -0.2) is 54.1 Å². The highest BCUT2D eigenvalue weighted by atomic mass is 19.4. The maximum atomic E-state index is 13.0. The number of rotatable bonds is 4. The molecule has 1 aromatic carbocycles. The van der Waals surface area contributed by atoms with E-state index in [2.05, 4.69) is 9.97 Å². The normalized spacial score (nSPS) is 14.9. The molecule has 3 rings (SSSR count). The maximum Gasteiger partial charge on any atom is 0.433 e. The molecule has 1 aromatic heterocycles. The van der Waals surface area contributed by atoms with Gasteiger partial charge in [0.1, 0.15) is 23.1 Å². The second-order valence-corrected chi connectivity index (χ2v) is 6.55. The van der Waals surface area contributed by atoms with Crippen LogP contribution in [0.15, 0.2) is 30.3 Å². The molecule has 0 bridgehead atoms. The van der Waals surface area contributed by atoms with E-state index in [0.29, 0.717) is 31.9 Å². The van der Waals surface area contributed by atoms with E-state index in [1.165, 1.54) is 6.92 Å². The number of benzene rings is 1. The molecule has 0 spiro atoms. The first-order chi connectivity index (χ1) is 13.3. The van der Waals surface area contributed by atoms with E-state index < -0.39 is 11.9 Å². The number of aromatic nitrogens is 2. The topological polar surface area (TPSA) is 58.6 Å². The fraction of sp³-hybridized carbons (Fsp3) is 0.421. The van der Waals surface area contributed by atoms with Crippen LogP contribution in [0.4, 0.5) is 19.0 Å². The lowest BCUT2D eigenvalue weighted by Gasteiger charge is -2.35. The Labute approximate surface area is 160 Å². The molecule has 0 N–H and O–H groups in total. The molecule has 0 radical (unpaired) electrons. The van der Waals surface area contributed by atoms with Crippen molar-refractivity contribution in [2.24, 2.45) is 0 Å². The van der Waals surface area contributed by atoms with Crippen molar-refractivity contribution in [1.82, 2.24) is 14.9 Å². The lowest BCUT2D eigenvalue weighted by Crippen LogP contribution is -2.49. The summed E-state index contributed by atoms with van der Waals surface area (Å²) in [6, 6.07) is 8.27. The molecular formula is C19H21F3N4O2. The highest BCUT2D eigenvalue weighted by molar-refractivity contribution is 5.79. The number of halogens is 3. The number of piperazine rings is 1. The van der Waals surface area contributed by atoms with Gasteiger partial charge >= 0.3 is 6.18 Å². The third kappa shape index (κ3) is 4.71. The first kappa shape index (κ1) is 19.9. The van der Waals surface area contributed by atoms with Crippen LogP contribution >= 0.6 is 0 Å². The number of nitrogens with zero attached hydrogens (tertiary/aromatic N) is 4. The smallest absolute Gasteiger partial charge is 0.433 e. The van der Waals surface area contributed by atoms with Crippen LogP contribution in [0.25, 0.3) is 0 Å². The Bertz CT molecular complexity index is 849. The van der Waals surface area contributed by atoms with E-state index >= 15 is 0 Å². The Kier molecular flexibility index (Phi) is 5.71. The Morgan fingerprint density at radius 2 is 1.86 bits per heavy atom. The molecule has 1 aliphatic heterocycles. The summed E-state index contributed by atoms with van der Waals surface area (Å²) in [5, 5.41) is 0. The van der Waals surface area contributed by atoms with Crippen LogP contribution in [0.1, 0.15) is 17.1 Å². The lowest BCUT2D eigenvalue weighted by molar-refractivity contribution is -0.141. The SMILES string of the molecule is COc1cccc(CC(=O)N2CCN(c3cc(C(F)(F)F)nc(C)n3)CC2)c1. The fourth-order valence-electron chi connectivity index (χ4n) is 3.11. The number of hydrogen-bond acceptors (Lipinski definition) is 5. The van der Waals surface area contributed by atoms with Gasteiger partial charge in [0.2, 0.25) is 5.91 Å². The number of amides is 1. The van der Waals surface area contributed by atoms with Crippen molar-refractivity contribution in [1.29, 1.82) is 0 Å². The number of methoxy groups -OCH3 is 1. The number of hydrogen-bond donors (Lipinski definition) is 0. The number of ether oxygens (including phenoxy) is 1. The molecule has 1 aliphatic rings. The van der Waals surface area contributed by atoms with Gasteiger partial charge in [-0.05, 0) is 24.6 Å². The molecule has 0 atom stereocenters. The van der Waals surface area contributed by atoms with Crippen molar-refractivity contribution >= 4 is 11.7 Å². The van der Waals surface area contributed by atoms with Crippen molar-refractivity contribution in [3.63, 3.8) is 0 Å². The van der Waals surface area contributed by atoms with Gasteiger partial charge in [-0.15, -0.1) is 0 Å². The van der Waals surface area contributed by atoms with E-state index in [0.717, 1.165) is 11.6 Å². The quantitative estimate of drug-likeness (QED) is 0.798. The number of anilines is 1. The molecule has 150 valence electrons. The minimum Gasteiger partial charge on any atom is -0.497 e. The summed E-state index contributed by atoms with van der Waals surface area (Å²) in [5.74, 6) is 0.971. The molecule has 1 fully saturated rings. The summed E-state index contributed by atoms with van der Waals surface area (Å²) in [4.78, 5) is 23.6. The van der Waals surface area contributed by atoms with Crippen molar-refractivity contribution in [2.75, 3.05) is 38.2 Å². The first-order valence-electron chi connectivity index (χ1n) is 8.85. The van der Waals surface area contributed by atoms with E-state index in [1.54, 1.807) is 16.9 Å². The van der Waals surface area contributed by atoms with Gasteiger partial charge in [-0.25, -0.2) is 9.97 Å². The van der Waals surface area contributed by atoms with Crippen molar-refractivity contribution in [3.8, 4) is 5.75 Å². The average Bonchev–Trinajstić information content (AvgIpc) is 2.67. The zero-order valence-electron chi connectivity index (χ0n) is 15.7. The summed E-state index contributed by atoms with van der Waals surface area (Å²) in [5.41, 5.74) is -0.0976. The number of alkyl halides is 3. The summed E-state index contributed by atoms with van der Waals surface area (Å²) < 4.78 is 44.1. The van der Waals surface area contributed by atoms with Gasteiger partial charge in [0, 0.05) is 32.2 Å². The van der Waals surface area contributed by atoms with Gasteiger partial charge in [-0.3, -0.25) is 4.79 Å². The zero-order chi connectivity index (χ0) is 20.3. The standard InChI is InChI=1S/C19H21F3N4O2/c1-13-23-16(19(20,21)22)12-17(24-13)25-6-8-26(9-7-25)18(27)11-14-4-3-5-15(10-14)28-2/h3-5,10,12H,6-9,11H2,1-2H3. The molecule has 28 heavy (non-hydrogen) atoms. The Morgan fingerprint density at radius 3 is 2.50 bits per heavy atom. The predicted molar refractivity (Wildman–Crippen MR) is 97.3 cm³/mol. The van der Waals surface area contributed by atoms with Crippen molar-refractivity contribution in [2.45, 2.75) is 19.5 Å². The second kappa shape index (κ2) is 8.04. The Balaban J connectivity index is 1.63. The molecule has 2 heterocycles. The summed E-state index contributed by atoms with van der Waals surface area (Å²) in [6.07, 6.45) is -4.26. The summed E-state index contributed by atoms with van der Waals surface area (Å²) in [7, 11) is 1.57. The number of carbonyl (C=O) groups is 1. The molecule has 2 aromatic rings. The summed E-state index contributed by atoms with van der Waals surface area (Å²) >= 11 is 0. The van der Waals surface area contributed by atoms with Gasteiger partial charge in [0.15, 0.2) is 0 Å². The molecule has 1 saturated heterocycles. The predicted octanol–water partition coefficient (Wildman–Crippen LogP) is 2.70. The minimum atomic E-state index is -4.52. The number of aryl methyl sites for hydroxylation is 1. The van der Waals surface area contributed by atoms with Crippen LogP contribution in [0.3, 0.4) is 0 Å². The van der Waals surface area contributed by atoms with E-state index in [1.807, 2.05) is 24.3 Å². The fourth-order valence-corrected chi connectivity index (χ4v) is 3.11. The van der Waals surface area contributed by atoms with Gasteiger partial charge in [-0.1, -0.05) is 12.1 Å². The van der Waals surface area contributed by atoms with Crippen LogP contribution in [0, 0.1) is 6.92 Å².